The fourth-order valence-corrected chi connectivity index (χ4v) is 1.09. The number of hydrogen-bond donors (Lipinski definition) is 0. The summed E-state index contributed by atoms with van der Waals surface area (Å²) in [5.74, 6) is -0.280. The average Bonchev–Trinajstić information content (AvgIpc) is 2.52. The molecule has 60 valence electrons. The number of carbonyl (C=O) groups is 1. The second kappa shape index (κ2) is 3.96. The van der Waals surface area contributed by atoms with E-state index in [1.165, 1.54) is 25.2 Å². The monoisotopic (exact) mass is 152 g/mol. The Morgan fingerprint density at radius 3 is 3.09 bits per heavy atom. The first-order valence-corrected chi connectivity index (χ1v) is 3.78. The molecule has 1 aliphatic carbocycles. The predicted molar refractivity (Wildman–Crippen MR) is 43.1 cm³/mol. The molecule has 1 aliphatic rings. The summed E-state index contributed by atoms with van der Waals surface area (Å²) in [4.78, 5) is 10.6. The van der Waals surface area contributed by atoms with E-state index in [1.54, 1.807) is 0 Å². The molecule has 2 nitrogen and oxygen atoms in total. The van der Waals surface area contributed by atoms with Gasteiger partial charge in [0.1, 0.15) is 0 Å². The second-order valence-electron chi connectivity index (χ2n) is 2.53. The van der Waals surface area contributed by atoms with E-state index in [-0.39, 0.29) is 5.97 Å². The van der Waals surface area contributed by atoms with Crippen molar-refractivity contribution in [2.24, 2.45) is 0 Å². The molecule has 0 unspecified atom stereocenters. The summed E-state index contributed by atoms with van der Waals surface area (Å²) in [5.41, 5.74) is 1.25. The van der Waals surface area contributed by atoms with Gasteiger partial charge in [-0.15, -0.1) is 0 Å². The third kappa shape index (κ3) is 2.58. The van der Waals surface area contributed by atoms with Gasteiger partial charge in [0.15, 0.2) is 0 Å². The summed E-state index contributed by atoms with van der Waals surface area (Å²) in [6.45, 7) is 0. The molecule has 0 N–H and O–H groups in total. The Hall–Kier alpha value is -1.05. The molecule has 0 radical (unpaired) electrons. The minimum Gasteiger partial charge on any atom is -0.466 e. The molecule has 1 rings (SSSR count). The third-order valence-electron chi connectivity index (χ3n) is 1.71. The Morgan fingerprint density at radius 1 is 1.73 bits per heavy atom. The lowest BCUT2D eigenvalue weighted by atomic mass is 10.2. The largest absolute Gasteiger partial charge is 0.466 e. The van der Waals surface area contributed by atoms with E-state index in [9.17, 15) is 4.79 Å². The zero-order chi connectivity index (χ0) is 8.10. The number of ether oxygens (including phenoxy) is 1. The maximum absolute atomic E-state index is 10.6. The van der Waals surface area contributed by atoms with E-state index >= 15 is 0 Å². The molecule has 0 aromatic rings. The second-order valence-corrected chi connectivity index (χ2v) is 2.53. The van der Waals surface area contributed by atoms with Crippen molar-refractivity contribution in [1.29, 1.82) is 0 Å². The van der Waals surface area contributed by atoms with Crippen LogP contribution in [0.1, 0.15) is 19.3 Å². The van der Waals surface area contributed by atoms with E-state index < -0.39 is 0 Å². The van der Waals surface area contributed by atoms with Crippen LogP contribution in [0.2, 0.25) is 0 Å². The van der Waals surface area contributed by atoms with Crippen molar-refractivity contribution in [2.45, 2.75) is 19.3 Å². The standard InChI is InChI=1S/C9H12O2/c1-11-9(10)7-6-8-4-2-3-5-8/h4,6-7H,2-3,5H2,1H3. The smallest absolute Gasteiger partial charge is 0.330 e. The Labute approximate surface area is 66.5 Å². The van der Waals surface area contributed by atoms with Crippen LogP contribution in [-0.2, 0) is 9.53 Å². The van der Waals surface area contributed by atoms with Gasteiger partial charge >= 0.3 is 5.97 Å². The van der Waals surface area contributed by atoms with E-state index in [1.807, 2.05) is 6.08 Å². The molecular weight excluding hydrogens is 140 g/mol. The summed E-state index contributed by atoms with van der Waals surface area (Å²) in [6, 6.07) is 0. The van der Waals surface area contributed by atoms with Gasteiger partial charge in [0.25, 0.3) is 0 Å². The van der Waals surface area contributed by atoms with Gasteiger partial charge in [-0.1, -0.05) is 17.7 Å². The Bertz CT molecular complexity index is 202. The molecule has 0 bridgehead atoms. The zero-order valence-electron chi connectivity index (χ0n) is 6.67. The van der Waals surface area contributed by atoms with Crippen LogP contribution in [0.15, 0.2) is 23.8 Å². The lowest BCUT2D eigenvalue weighted by Gasteiger charge is -1.90. The van der Waals surface area contributed by atoms with Crippen LogP contribution >= 0.6 is 0 Å². The molecule has 0 spiro atoms. The first-order valence-electron chi connectivity index (χ1n) is 3.78. The normalized spacial score (nSPS) is 17.0. The third-order valence-corrected chi connectivity index (χ3v) is 1.71. The molecule has 0 aromatic heterocycles. The highest BCUT2D eigenvalue weighted by molar-refractivity contribution is 5.82. The summed E-state index contributed by atoms with van der Waals surface area (Å²) in [6.07, 6.45) is 8.89. The van der Waals surface area contributed by atoms with Crippen LogP contribution in [0.25, 0.3) is 0 Å². The SMILES string of the molecule is COC(=O)C=CC1=CCCC1. The predicted octanol–water partition coefficient (Wildman–Crippen LogP) is 1.83. The van der Waals surface area contributed by atoms with E-state index in [0.717, 1.165) is 12.8 Å². The molecule has 0 saturated heterocycles. The van der Waals surface area contributed by atoms with Crippen molar-refractivity contribution >= 4 is 5.97 Å². The Morgan fingerprint density at radius 2 is 2.55 bits per heavy atom. The molecule has 0 heterocycles. The highest BCUT2D eigenvalue weighted by atomic mass is 16.5. The highest BCUT2D eigenvalue weighted by Gasteiger charge is 2.00. The van der Waals surface area contributed by atoms with E-state index in [4.69, 9.17) is 0 Å². The fraction of sp³-hybridized carbons (Fsp3) is 0.444. The molecule has 11 heavy (non-hydrogen) atoms. The molecule has 0 atom stereocenters. The molecule has 0 aromatic carbocycles. The van der Waals surface area contributed by atoms with Crippen LogP contribution in [0.4, 0.5) is 0 Å². The Kier molecular flexibility index (Phi) is 2.90. The average molecular weight is 152 g/mol. The lowest BCUT2D eigenvalue weighted by Crippen LogP contribution is -1.93. The van der Waals surface area contributed by atoms with Crippen molar-refractivity contribution < 1.29 is 9.53 Å². The summed E-state index contributed by atoms with van der Waals surface area (Å²) in [5, 5.41) is 0. The number of carbonyl (C=O) groups excluding carboxylic acids is 1. The van der Waals surface area contributed by atoms with Gasteiger partial charge in [-0.2, -0.15) is 0 Å². The minimum absolute atomic E-state index is 0.280. The van der Waals surface area contributed by atoms with Gasteiger partial charge < -0.3 is 4.74 Å². The summed E-state index contributed by atoms with van der Waals surface area (Å²) >= 11 is 0. The Balaban J connectivity index is 2.40. The highest BCUT2D eigenvalue weighted by Crippen LogP contribution is 2.18. The van der Waals surface area contributed by atoms with Gasteiger partial charge in [0.2, 0.25) is 0 Å². The number of allylic oxidation sites excluding steroid dienone is 3. The summed E-state index contributed by atoms with van der Waals surface area (Å²) < 4.78 is 4.46. The van der Waals surface area contributed by atoms with Crippen molar-refractivity contribution in [3.63, 3.8) is 0 Å². The van der Waals surface area contributed by atoms with Gasteiger partial charge in [-0.25, -0.2) is 4.79 Å². The topological polar surface area (TPSA) is 26.3 Å². The maximum atomic E-state index is 10.6. The van der Waals surface area contributed by atoms with Crippen LogP contribution in [0, 0.1) is 0 Å². The maximum Gasteiger partial charge on any atom is 0.330 e. The van der Waals surface area contributed by atoms with Crippen molar-refractivity contribution in [2.75, 3.05) is 7.11 Å². The first kappa shape index (κ1) is 8.05. The quantitative estimate of drug-likeness (QED) is 0.445. The van der Waals surface area contributed by atoms with E-state index in [0.29, 0.717) is 0 Å². The van der Waals surface area contributed by atoms with Crippen LogP contribution in [-0.4, -0.2) is 13.1 Å². The van der Waals surface area contributed by atoms with Gasteiger partial charge in [0.05, 0.1) is 7.11 Å². The van der Waals surface area contributed by atoms with Gasteiger partial charge in [-0.05, 0) is 19.3 Å². The van der Waals surface area contributed by atoms with Crippen LogP contribution in [0.5, 0.6) is 0 Å². The zero-order valence-corrected chi connectivity index (χ0v) is 6.67. The van der Waals surface area contributed by atoms with Crippen molar-refractivity contribution in [3.05, 3.63) is 23.8 Å². The lowest BCUT2D eigenvalue weighted by molar-refractivity contribution is -0.134. The van der Waals surface area contributed by atoms with Gasteiger partial charge in [-0.3, -0.25) is 0 Å². The number of methoxy groups -OCH3 is 1. The van der Waals surface area contributed by atoms with Crippen LogP contribution < -0.4 is 0 Å². The number of rotatable bonds is 2. The number of hydrogen-bond acceptors (Lipinski definition) is 2. The van der Waals surface area contributed by atoms with E-state index in [2.05, 4.69) is 10.8 Å². The fourth-order valence-electron chi connectivity index (χ4n) is 1.09. The summed E-state index contributed by atoms with van der Waals surface area (Å²) in [7, 11) is 1.38. The van der Waals surface area contributed by atoms with Crippen molar-refractivity contribution in [3.8, 4) is 0 Å². The molecule has 0 saturated carbocycles. The molecular formula is C9H12O2. The molecule has 0 fully saturated rings. The minimum atomic E-state index is -0.280. The molecule has 2 heteroatoms. The van der Waals surface area contributed by atoms with Gasteiger partial charge in [0, 0.05) is 6.08 Å². The molecule has 0 amide bonds. The van der Waals surface area contributed by atoms with Crippen LogP contribution in [0.3, 0.4) is 0 Å². The molecule has 0 aliphatic heterocycles. The van der Waals surface area contributed by atoms with Crippen molar-refractivity contribution in [1.82, 2.24) is 0 Å². The number of esters is 1. The first-order chi connectivity index (χ1) is 5.33.